The van der Waals surface area contributed by atoms with E-state index in [0.717, 1.165) is 42.2 Å². The topological polar surface area (TPSA) is 335 Å². The molecule has 0 heterocycles. The SMILES string of the molecule is CC[Si](CC(O)CO)(OC)O[Si](C)(C)c1ccccc1.CO[Si](C)(CC(O)CO)O[Si](C)(C)c1ccccc1.CO[Si](CC(C)C)(CC(O)CO)O[Si](C)(C)c1ccccc1.CO[Si](CCCO)(CCC1CCC(O)C(O)C1)O[Si](C)(C)c1ccccc1.CO[Si](O)(CC(O)CO)O[Si](C)(C)c1ccccc1. The first kappa shape index (κ1) is 100. The van der Waals surface area contributed by atoms with Gasteiger partial charge in [-0.25, -0.2) is 0 Å². The van der Waals surface area contributed by atoms with Crippen LogP contribution in [0.4, 0.5) is 0 Å². The molecule has 0 amide bonds. The normalized spacial score (nSPS) is 19.1. The molecule has 610 valence electrons. The van der Waals surface area contributed by atoms with Crippen molar-refractivity contribution in [3.05, 3.63) is 152 Å². The fourth-order valence-electron chi connectivity index (χ4n) is 13.1. The second-order valence-corrected chi connectivity index (χ2v) is 67.8. The maximum atomic E-state index is 10.4. The van der Waals surface area contributed by atoms with Crippen LogP contribution in [0.5, 0.6) is 0 Å². The predicted octanol–water partition coefficient (Wildman–Crippen LogP) is 7.52. The Labute approximate surface area is 652 Å². The van der Waals surface area contributed by atoms with Gasteiger partial charge in [0.2, 0.25) is 41.6 Å². The molecular formula is C75H138O22Si10. The monoisotopic (exact) mass is 1670 g/mol. The summed E-state index contributed by atoms with van der Waals surface area (Å²) in [6.45, 7) is 28.4. The molecule has 1 aliphatic carbocycles. The summed E-state index contributed by atoms with van der Waals surface area (Å²) in [6, 6.07) is 54.9. The van der Waals surface area contributed by atoms with Crippen molar-refractivity contribution in [2.45, 2.75) is 210 Å². The lowest BCUT2D eigenvalue weighted by Crippen LogP contribution is -2.57. The average Bonchev–Trinajstić information content (AvgIpc) is 0.824. The Balaban J connectivity index is 0.000000457. The third-order valence-corrected chi connectivity index (χ3v) is 58.3. The minimum Gasteiger partial charge on any atom is -0.432 e. The zero-order valence-corrected chi connectivity index (χ0v) is 77.7. The lowest BCUT2D eigenvalue weighted by molar-refractivity contribution is -0.0260. The van der Waals surface area contributed by atoms with Crippen molar-refractivity contribution in [1.29, 1.82) is 0 Å². The van der Waals surface area contributed by atoms with Gasteiger partial charge >= 0.3 is 43.0 Å². The van der Waals surface area contributed by atoms with Gasteiger partial charge in [-0.05, 0) is 166 Å². The maximum absolute atomic E-state index is 10.4. The van der Waals surface area contributed by atoms with Crippen LogP contribution in [0.25, 0.3) is 0 Å². The molecule has 107 heavy (non-hydrogen) atoms. The summed E-state index contributed by atoms with van der Waals surface area (Å²) >= 11 is 0. The summed E-state index contributed by atoms with van der Waals surface area (Å²) in [5, 5.41) is 110. The fraction of sp³-hybridized carbons (Fsp3) is 0.600. The molecule has 12 atom stereocenters. The molecule has 1 aliphatic rings. The molecule has 0 saturated heterocycles. The fourth-order valence-corrected chi connectivity index (χ4v) is 52.3. The van der Waals surface area contributed by atoms with E-state index in [0.29, 0.717) is 49.2 Å². The van der Waals surface area contributed by atoms with Gasteiger partial charge in [-0.15, -0.1) is 0 Å². The van der Waals surface area contributed by atoms with Gasteiger partial charge in [0, 0.05) is 66.3 Å². The Morgan fingerprint density at radius 3 is 1.02 bits per heavy atom. The van der Waals surface area contributed by atoms with Crippen LogP contribution in [-0.4, -0.2) is 251 Å². The van der Waals surface area contributed by atoms with Gasteiger partial charge in [-0.3, -0.25) is 0 Å². The number of aliphatic hydroxyl groups excluding tert-OH is 11. The number of rotatable bonds is 41. The number of hydrogen-bond donors (Lipinski definition) is 12. The first-order valence-electron chi connectivity index (χ1n) is 37.5. The van der Waals surface area contributed by atoms with E-state index in [9.17, 15) is 45.6 Å². The molecule has 0 aromatic heterocycles. The molecule has 1 saturated carbocycles. The summed E-state index contributed by atoms with van der Waals surface area (Å²) in [5.74, 6) is 0.808. The molecule has 0 bridgehead atoms. The lowest BCUT2D eigenvalue weighted by Gasteiger charge is -2.39. The van der Waals surface area contributed by atoms with Crippen molar-refractivity contribution in [3.8, 4) is 0 Å². The third-order valence-electron chi connectivity index (χ3n) is 19.3. The van der Waals surface area contributed by atoms with Crippen LogP contribution >= 0.6 is 0 Å². The summed E-state index contributed by atoms with van der Waals surface area (Å²) in [4.78, 5) is 10.4. The van der Waals surface area contributed by atoms with Crippen LogP contribution in [0.1, 0.15) is 52.9 Å². The molecule has 6 rings (SSSR count). The van der Waals surface area contributed by atoms with E-state index in [4.69, 9.17) is 58.0 Å². The molecular weight excluding hydrogens is 1530 g/mol. The zero-order valence-electron chi connectivity index (χ0n) is 67.7. The van der Waals surface area contributed by atoms with Crippen molar-refractivity contribution in [1.82, 2.24) is 0 Å². The molecule has 1 fully saturated rings. The summed E-state index contributed by atoms with van der Waals surface area (Å²) in [7, 11) is -16.2. The summed E-state index contributed by atoms with van der Waals surface area (Å²) in [6.07, 6.45) is -0.699. The van der Waals surface area contributed by atoms with Crippen molar-refractivity contribution in [2.24, 2.45) is 11.8 Å². The lowest BCUT2D eigenvalue weighted by atomic mass is 9.84. The number of aliphatic hydroxyl groups is 11. The Hall–Kier alpha value is -2.61. The van der Waals surface area contributed by atoms with E-state index < -0.39 is 128 Å². The Morgan fingerprint density at radius 1 is 0.374 bits per heavy atom. The van der Waals surface area contributed by atoms with Gasteiger partial charge in [0.15, 0.2) is 0 Å². The van der Waals surface area contributed by atoms with Crippen molar-refractivity contribution >= 4 is 111 Å². The minimum atomic E-state index is -3.47. The first-order valence-corrected chi connectivity index (χ1v) is 63.2. The predicted molar refractivity (Wildman–Crippen MR) is 452 cm³/mol. The van der Waals surface area contributed by atoms with E-state index in [1.54, 1.807) is 28.4 Å². The van der Waals surface area contributed by atoms with Crippen LogP contribution in [0, 0.1) is 11.8 Å². The van der Waals surface area contributed by atoms with E-state index in [1.165, 1.54) is 27.9 Å². The Morgan fingerprint density at radius 2 is 0.701 bits per heavy atom. The highest BCUT2D eigenvalue weighted by Crippen LogP contribution is 2.35. The molecule has 0 radical (unpaired) electrons. The van der Waals surface area contributed by atoms with E-state index >= 15 is 0 Å². The van der Waals surface area contributed by atoms with Gasteiger partial charge in [-0.1, -0.05) is 172 Å². The standard InChI is InChI=1S/C20H36O5Si2.C16H30O4Si2.C14H26O4Si2.C13H24O4Si2.C12H22O5Si2/c1-24-27(14-7-13-21,15-12-17-10-11-19(22)20(23)16-17)25-26(2,3)18-8-5-4-6-9-18;1-14(2)12-22(19-3,13-15(18)11-17)20-21(4,5)16-9-7-6-8-10-16;1-5-20(17-2,12-13(16)11-15)18-19(3,4)14-9-7-6-8-10-14;1-16-19(4,11-12(15)10-14)17-18(2,3)13-8-6-5-7-9-13;1-16-19(15,10-11(14)9-13)17-18(2,3)12-7-5-4-6-8-12/h4-6,8-9,17,19-23H,7,10-16H2,1-3H3;6-10,14-15,17-18H,11-13H2,1-5H3;6-10,13,15-16H,5,11-12H2,1-4H3;5-9,12,14-15H,10-11H2,1-4H3;4-8,11,13-15H,9-10H2,1-3H3. The quantitative estimate of drug-likeness (QED) is 0.0168. The Bertz CT molecular complexity index is 3040. The van der Waals surface area contributed by atoms with Crippen LogP contribution < -0.4 is 25.9 Å². The second kappa shape index (κ2) is 48.6. The smallest absolute Gasteiger partial charge is 0.432 e. The summed E-state index contributed by atoms with van der Waals surface area (Å²) < 4.78 is 60.4. The van der Waals surface area contributed by atoms with Gasteiger partial charge in [-0.2, -0.15) is 0 Å². The molecule has 22 nitrogen and oxygen atoms in total. The van der Waals surface area contributed by atoms with Gasteiger partial charge in [0.1, 0.15) is 0 Å². The zero-order chi connectivity index (χ0) is 81.0. The average molecular weight is 1670 g/mol. The van der Waals surface area contributed by atoms with Crippen molar-refractivity contribution in [2.75, 3.05) is 68.6 Å². The van der Waals surface area contributed by atoms with E-state index in [2.05, 4.69) is 115 Å². The molecule has 32 heteroatoms. The van der Waals surface area contributed by atoms with E-state index in [-0.39, 0.29) is 32.5 Å². The highest BCUT2D eigenvalue weighted by Gasteiger charge is 2.49. The molecule has 0 aliphatic heterocycles. The van der Waals surface area contributed by atoms with Crippen molar-refractivity contribution in [3.63, 3.8) is 0 Å². The number of hydrogen-bond acceptors (Lipinski definition) is 22. The van der Waals surface area contributed by atoms with Gasteiger partial charge in [0.05, 0.1) is 63.1 Å². The van der Waals surface area contributed by atoms with Crippen LogP contribution in [-0.2, 0) is 42.7 Å². The van der Waals surface area contributed by atoms with Crippen molar-refractivity contribution < 1.29 is 104 Å². The van der Waals surface area contributed by atoms with E-state index in [1.807, 2.05) is 130 Å². The van der Waals surface area contributed by atoms with Crippen LogP contribution in [0.15, 0.2) is 152 Å². The Kier molecular flexibility index (Phi) is 45.6. The molecule has 0 spiro atoms. The van der Waals surface area contributed by atoms with Gasteiger partial charge in [0.25, 0.3) is 0 Å². The first-order chi connectivity index (χ1) is 50.1. The van der Waals surface area contributed by atoms with Crippen LogP contribution in [0.2, 0.25) is 120 Å². The number of benzene rings is 5. The highest BCUT2D eigenvalue weighted by molar-refractivity contribution is 6.94. The molecule has 12 N–H and O–H groups in total. The highest BCUT2D eigenvalue weighted by atomic mass is 28.5. The van der Waals surface area contributed by atoms with Crippen LogP contribution in [0.3, 0.4) is 0 Å². The van der Waals surface area contributed by atoms with Gasteiger partial charge < -0.3 is 104 Å². The molecule has 5 aromatic carbocycles. The minimum absolute atomic E-state index is 0.0662. The molecule has 5 aromatic rings. The maximum Gasteiger partial charge on any atom is 0.490 e. The molecule has 12 unspecified atom stereocenters. The second-order valence-electron chi connectivity index (χ2n) is 30.8. The largest absolute Gasteiger partial charge is 0.490 e. The third kappa shape index (κ3) is 35.8. The summed E-state index contributed by atoms with van der Waals surface area (Å²) in [5.41, 5.74) is 0.